The molecule has 3 nitrogen and oxygen atoms in total. The van der Waals surface area contributed by atoms with E-state index in [1.165, 1.54) is 0 Å². The van der Waals surface area contributed by atoms with Crippen LogP contribution in [0.15, 0.2) is 0 Å². The predicted molar refractivity (Wildman–Crippen MR) is 45.5 cm³/mol. The Kier molecular flexibility index (Phi) is 3.24. The number of hydrogen-bond acceptors (Lipinski definition) is 3. The van der Waals surface area contributed by atoms with Crippen molar-refractivity contribution in [2.24, 2.45) is 5.92 Å². The molecule has 1 rings (SSSR count). The lowest BCUT2D eigenvalue weighted by Crippen LogP contribution is -2.35. The number of rotatable bonds is 2. The van der Waals surface area contributed by atoms with Crippen molar-refractivity contribution in [3.8, 4) is 6.07 Å². The Morgan fingerprint density at radius 2 is 2.17 bits per heavy atom. The molecule has 0 spiro atoms. The first kappa shape index (κ1) is 9.21. The number of nitrogens with zero attached hydrogens (tertiary/aromatic N) is 2. The molecule has 1 aliphatic heterocycles. The van der Waals surface area contributed by atoms with Gasteiger partial charge in [-0.25, -0.2) is 0 Å². The number of hydrogen-bond donors (Lipinski definition) is 0. The minimum atomic E-state index is 0.250. The molecule has 12 heavy (non-hydrogen) atoms. The van der Waals surface area contributed by atoms with E-state index < -0.39 is 0 Å². The van der Waals surface area contributed by atoms with Gasteiger partial charge in [-0.15, -0.1) is 0 Å². The minimum absolute atomic E-state index is 0.250. The number of nitriles is 1. The van der Waals surface area contributed by atoms with Gasteiger partial charge in [0, 0.05) is 5.92 Å². The second kappa shape index (κ2) is 4.22. The summed E-state index contributed by atoms with van der Waals surface area (Å²) in [5.74, 6) is 0.548. The largest absolute Gasteiger partial charge is 0.300 e. The standard InChI is InChI=1S/C9H14N2O/c1-8(12)9-2-5-11(6-3-9)7-4-10/h9H,2-3,5-7H2,1H3. The SMILES string of the molecule is CC(=O)C1CCN(CC#N)CC1. The highest BCUT2D eigenvalue weighted by Gasteiger charge is 2.21. The van der Waals surface area contributed by atoms with Crippen molar-refractivity contribution in [1.82, 2.24) is 4.90 Å². The van der Waals surface area contributed by atoms with E-state index in [1.807, 2.05) is 0 Å². The topological polar surface area (TPSA) is 44.1 Å². The Bertz CT molecular complexity index is 199. The van der Waals surface area contributed by atoms with E-state index in [2.05, 4.69) is 11.0 Å². The van der Waals surface area contributed by atoms with Crippen LogP contribution < -0.4 is 0 Å². The van der Waals surface area contributed by atoms with Gasteiger partial charge < -0.3 is 0 Å². The smallest absolute Gasteiger partial charge is 0.133 e. The average molecular weight is 166 g/mol. The first-order valence-corrected chi connectivity index (χ1v) is 4.34. The normalized spacial score (nSPS) is 20.3. The van der Waals surface area contributed by atoms with Crippen molar-refractivity contribution in [1.29, 1.82) is 5.26 Å². The van der Waals surface area contributed by atoms with Gasteiger partial charge >= 0.3 is 0 Å². The van der Waals surface area contributed by atoms with Gasteiger partial charge in [0.15, 0.2) is 0 Å². The zero-order valence-corrected chi connectivity index (χ0v) is 7.42. The number of piperidine rings is 1. The average Bonchev–Trinajstić information content (AvgIpc) is 2.06. The molecule has 3 heteroatoms. The fourth-order valence-corrected chi connectivity index (χ4v) is 1.60. The Labute approximate surface area is 73.0 Å². The van der Waals surface area contributed by atoms with E-state index in [0.29, 0.717) is 12.3 Å². The molecule has 66 valence electrons. The van der Waals surface area contributed by atoms with Crippen LogP contribution in [0.5, 0.6) is 0 Å². The van der Waals surface area contributed by atoms with E-state index in [-0.39, 0.29) is 5.92 Å². The summed E-state index contributed by atoms with van der Waals surface area (Å²) in [6.07, 6.45) is 1.86. The number of likely N-dealkylation sites (tertiary alicyclic amines) is 1. The summed E-state index contributed by atoms with van der Waals surface area (Å²) in [7, 11) is 0. The molecule has 0 aromatic rings. The Balaban J connectivity index is 2.30. The summed E-state index contributed by atoms with van der Waals surface area (Å²) in [5, 5.41) is 8.43. The third-order valence-corrected chi connectivity index (χ3v) is 2.46. The fraction of sp³-hybridized carbons (Fsp3) is 0.778. The highest BCUT2D eigenvalue weighted by molar-refractivity contribution is 5.78. The summed E-state index contributed by atoms with van der Waals surface area (Å²) in [6, 6.07) is 2.12. The van der Waals surface area contributed by atoms with Gasteiger partial charge in [0.2, 0.25) is 0 Å². The van der Waals surface area contributed by atoms with Gasteiger partial charge in [0.1, 0.15) is 5.78 Å². The van der Waals surface area contributed by atoms with E-state index in [0.717, 1.165) is 25.9 Å². The van der Waals surface area contributed by atoms with Crippen molar-refractivity contribution < 1.29 is 4.79 Å². The van der Waals surface area contributed by atoms with Crippen LogP contribution in [0.3, 0.4) is 0 Å². The second-order valence-corrected chi connectivity index (χ2v) is 3.32. The summed E-state index contributed by atoms with van der Waals surface area (Å²) >= 11 is 0. The Hall–Kier alpha value is -0.880. The summed E-state index contributed by atoms with van der Waals surface area (Å²) in [5.41, 5.74) is 0. The van der Waals surface area contributed by atoms with Crippen molar-refractivity contribution in [2.75, 3.05) is 19.6 Å². The minimum Gasteiger partial charge on any atom is -0.300 e. The molecule has 0 atom stereocenters. The van der Waals surface area contributed by atoms with Crippen LogP contribution in [0.2, 0.25) is 0 Å². The maximum atomic E-state index is 11.0. The highest BCUT2D eigenvalue weighted by Crippen LogP contribution is 2.17. The van der Waals surface area contributed by atoms with Crippen LogP contribution in [0, 0.1) is 17.2 Å². The van der Waals surface area contributed by atoms with Crippen LogP contribution in [0.1, 0.15) is 19.8 Å². The molecule has 1 aliphatic rings. The van der Waals surface area contributed by atoms with Crippen molar-refractivity contribution in [2.45, 2.75) is 19.8 Å². The molecule has 0 aliphatic carbocycles. The molecule has 0 radical (unpaired) electrons. The third kappa shape index (κ3) is 2.31. The van der Waals surface area contributed by atoms with Gasteiger partial charge in [-0.2, -0.15) is 5.26 Å². The lowest BCUT2D eigenvalue weighted by Gasteiger charge is -2.28. The van der Waals surface area contributed by atoms with Gasteiger partial charge in [-0.1, -0.05) is 0 Å². The van der Waals surface area contributed by atoms with Gasteiger partial charge in [-0.05, 0) is 32.9 Å². The summed E-state index contributed by atoms with van der Waals surface area (Å²) in [6.45, 7) is 3.96. The van der Waals surface area contributed by atoms with E-state index >= 15 is 0 Å². The molecule has 1 saturated heterocycles. The number of ketones is 1. The lowest BCUT2D eigenvalue weighted by molar-refractivity contribution is -0.122. The van der Waals surface area contributed by atoms with E-state index in [9.17, 15) is 4.79 Å². The van der Waals surface area contributed by atoms with Crippen LogP contribution >= 0.6 is 0 Å². The first-order valence-electron chi connectivity index (χ1n) is 4.34. The zero-order valence-electron chi connectivity index (χ0n) is 7.42. The summed E-state index contributed by atoms with van der Waals surface area (Å²) in [4.78, 5) is 13.1. The summed E-state index contributed by atoms with van der Waals surface area (Å²) < 4.78 is 0. The molecule has 0 aromatic heterocycles. The van der Waals surface area contributed by atoms with Crippen LogP contribution in [0.25, 0.3) is 0 Å². The molecule has 0 aromatic carbocycles. The van der Waals surface area contributed by atoms with Gasteiger partial charge in [-0.3, -0.25) is 9.69 Å². The number of carbonyl (C=O) groups is 1. The molecule has 0 amide bonds. The number of Topliss-reactive ketones (excluding diaryl/α,β-unsaturated/α-hetero) is 1. The van der Waals surface area contributed by atoms with E-state index in [4.69, 9.17) is 5.26 Å². The van der Waals surface area contributed by atoms with Crippen LogP contribution in [-0.4, -0.2) is 30.3 Å². The van der Waals surface area contributed by atoms with Crippen molar-refractivity contribution in [3.05, 3.63) is 0 Å². The van der Waals surface area contributed by atoms with Crippen LogP contribution in [-0.2, 0) is 4.79 Å². The van der Waals surface area contributed by atoms with Crippen molar-refractivity contribution >= 4 is 5.78 Å². The monoisotopic (exact) mass is 166 g/mol. The molecule has 1 fully saturated rings. The van der Waals surface area contributed by atoms with Crippen LogP contribution in [0.4, 0.5) is 0 Å². The predicted octanol–water partition coefficient (Wildman–Crippen LogP) is 0.811. The van der Waals surface area contributed by atoms with Crippen molar-refractivity contribution in [3.63, 3.8) is 0 Å². The quantitative estimate of drug-likeness (QED) is 0.570. The molecular formula is C9H14N2O. The Morgan fingerprint density at radius 3 is 2.58 bits per heavy atom. The molecule has 0 bridgehead atoms. The zero-order chi connectivity index (χ0) is 8.97. The number of carbonyl (C=O) groups excluding carboxylic acids is 1. The molecular weight excluding hydrogens is 152 g/mol. The maximum absolute atomic E-state index is 11.0. The van der Waals surface area contributed by atoms with Gasteiger partial charge in [0.05, 0.1) is 12.6 Å². The molecule has 1 heterocycles. The molecule has 0 N–H and O–H groups in total. The van der Waals surface area contributed by atoms with E-state index in [1.54, 1.807) is 6.92 Å². The Morgan fingerprint density at radius 1 is 1.58 bits per heavy atom. The van der Waals surface area contributed by atoms with Gasteiger partial charge in [0.25, 0.3) is 0 Å². The fourth-order valence-electron chi connectivity index (χ4n) is 1.60. The lowest BCUT2D eigenvalue weighted by atomic mass is 9.93. The first-order chi connectivity index (χ1) is 5.74. The molecule has 0 unspecified atom stereocenters. The highest BCUT2D eigenvalue weighted by atomic mass is 16.1. The second-order valence-electron chi connectivity index (χ2n) is 3.32. The molecule has 0 saturated carbocycles. The maximum Gasteiger partial charge on any atom is 0.133 e. The third-order valence-electron chi connectivity index (χ3n) is 2.46.